The van der Waals surface area contributed by atoms with Crippen LogP contribution >= 0.6 is 0 Å². The molecule has 0 N–H and O–H groups in total. The van der Waals surface area contributed by atoms with Gasteiger partial charge in [-0.3, -0.25) is 4.98 Å². The van der Waals surface area contributed by atoms with Gasteiger partial charge in [-0.1, -0.05) is 30.3 Å². The van der Waals surface area contributed by atoms with Crippen LogP contribution < -0.4 is 4.90 Å². The molecule has 3 aromatic heterocycles. The highest BCUT2D eigenvalue weighted by Gasteiger charge is 2.46. The fourth-order valence-electron chi connectivity index (χ4n) is 5.92. The first-order chi connectivity index (χ1) is 18.8. The molecule has 2 aliphatic rings. The van der Waals surface area contributed by atoms with E-state index in [1.165, 1.54) is 5.69 Å². The van der Waals surface area contributed by atoms with Gasteiger partial charge >= 0.3 is 6.09 Å². The van der Waals surface area contributed by atoms with E-state index in [0.717, 1.165) is 51.8 Å². The molecule has 0 radical (unpaired) electrons. The predicted molar refractivity (Wildman–Crippen MR) is 152 cm³/mol. The predicted octanol–water partition coefficient (Wildman–Crippen LogP) is 5.81. The SMILES string of the molecule is CC(C)(C)OC(=O)N1CC2CC1CN2c1ccc(-c2cnc3c(-c4ccnc5ccccc45)cnn3c2)cc1. The molecule has 2 bridgehead atoms. The summed E-state index contributed by atoms with van der Waals surface area (Å²) in [6.07, 6.45) is 8.43. The average molecular weight is 519 g/mol. The fourth-order valence-corrected chi connectivity index (χ4v) is 5.92. The van der Waals surface area contributed by atoms with Crippen molar-refractivity contribution in [1.29, 1.82) is 0 Å². The first-order valence-corrected chi connectivity index (χ1v) is 13.4. The monoisotopic (exact) mass is 518 g/mol. The molecule has 0 aliphatic carbocycles. The Morgan fingerprint density at radius 1 is 0.897 bits per heavy atom. The van der Waals surface area contributed by atoms with Crippen LogP contribution in [-0.2, 0) is 4.74 Å². The van der Waals surface area contributed by atoms with Crippen molar-refractivity contribution in [3.63, 3.8) is 0 Å². The van der Waals surface area contributed by atoms with Crippen molar-refractivity contribution in [2.75, 3.05) is 18.0 Å². The Balaban J connectivity index is 1.10. The van der Waals surface area contributed by atoms with Crippen molar-refractivity contribution in [2.24, 2.45) is 0 Å². The molecule has 7 rings (SSSR count). The Morgan fingerprint density at radius 2 is 1.72 bits per heavy atom. The molecule has 8 nitrogen and oxygen atoms in total. The molecule has 2 unspecified atom stereocenters. The number of pyridine rings is 1. The summed E-state index contributed by atoms with van der Waals surface area (Å²) in [6, 6.07) is 19.3. The maximum Gasteiger partial charge on any atom is 0.410 e. The van der Waals surface area contributed by atoms with E-state index in [2.05, 4.69) is 45.3 Å². The number of amides is 1. The van der Waals surface area contributed by atoms with Crippen molar-refractivity contribution < 1.29 is 9.53 Å². The second-order valence-corrected chi connectivity index (χ2v) is 11.4. The lowest BCUT2D eigenvalue weighted by Crippen LogP contribution is -2.50. The number of aromatic nitrogens is 4. The summed E-state index contributed by atoms with van der Waals surface area (Å²) in [5.74, 6) is 0. The number of carbonyl (C=O) groups excluding carboxylic acids is 1. The number of likely N-dealkylation sites (tertiary alicyclic amines) is 1. The summed E-state index contributed by atoms with van der Waals surface area (Å²) < 4.78 is 7.45. The maximum atomic E-state index is 12.6. The van der Waals surface area contributed by atoms with E-state index in [-0.39, 0.29) is 12.1 Å². The molecule has 0 spiro atoms. The number of piperazine rings is 1. The van der Waals surface area contributed by atoms with Gasteiger partial charge in [-0.15, -0.1) is 0 Å². The Bertz CT molecular complexity index is 1700. The second kappa shape index (κ2) is 8.80. The Kier molecular flexibility index (Phi) is 5.33. The number of hydrogen-bond acceptors (Lipinski definition) is 6. The van der Waals surface area contributed by atoms with Crippen LogP contribution in [0.3, 0.4) is 0 Å². The van der Waals surface area contributed by atoms with Gasteiger partial charge in [-0.25, -0.2) is 14.3 Å². The zero-order chi connectivity index (χ0) is 26.7. The Morgan fingerprint density at radius 3 is 2.49 bits per heavy atom. The van der Waals surface area contributed by atoms with Crippen molar-refractivity contribution in [1.82, 2.24) is 24.5 Å². The normalized spacial score (nSPS) is 18.8. The smallest absolute Gasteiger partial charge is 0.410 e. The van der Waals surface area contributed by atoms with Gasteiger partial charge in [0.25, 0.3) is 0 Å². The van der Waals surface area contributed by atoms with E-state index in [9.17, 15) is 4.79 Å². The molecule has 2 aliphatic heterocycles. The number of ether oxygens (including phenoxy) is 1. The van der Waals surface area contributed by atoms with Crippen LogP contribution in [0.2, 0.25) is 0 Å². The highest BCUT2D eigenvalue weighted by Crippen LogP contribution is 2.36. The van der Waals surface area contributed by atoms with Crippen LogP contribution in [0.1, 0.15) is 27.2 Å². The van der Waals surface area contributed by atoms with Crippen LogP contribution in [0.4, 0.5) is 10.5 Å². The van der Waals surface area contributed by atoms with E-state index in [1.54, 1.807) is 0 Å². The molecule has 5 aromatic rings. The minimum atomic E-state index is -0.475. The molecule has 8 heteroatoms. The third kappa shape index (κ3) is 4.16. The average Bonchev–Trinajstić information content (AvgIpc) is 3.66. The van der Waals surface area contributed by atoms with Crippen LogP contribution in [0.15, 0.2) is 79.4 Å². The summed E-state index contributed by atoms with van der Waals surface area (Å²) >= 11 is 0. The van der Waals surface area contributed by atoms with E-state index >= 15 is 0 Å². The molecule has 39 heavy (non-hydrogen) atoms. The third-order valence-corrected chi connectivity index (χ3v) is 7.70. The van der Waals surface area contributed by atoms with Gasteiger partial charge in [0.1, 0.15) is 5.60 Å². The van der Waals surface area contributed by atoms with Crippen molar-refractivity contribution >= 4 is 28.3 Å². The van der Waals surface area contributed by atoms with Gasteiger partial charge in [0.15, 0.2) is 5.65 Å². The lowest BCUT2D eigenvalue weighted by Gasteiger charge is -2.36. The zero-order valence-electron chi connectivity index (χ0n) is 22.3. The maximum absolute atomic E-state index is 12.6. The summed E-state index contributed by atoms with van der Waals surface area (Å²) in [4.78, 5) is 26.2. The lowest BCUT2D eigenvalue weighted by molar-refractivity contribution is 0.0214. The standard InChI is InChI=1S/C31H30N6O2/c1-31(2,3)39-30(38)36-19-23-14-24(36)18-35(23)22-10-8-20(9-11-22)21-15-33-29-27(16-34-37(29)17-21)25-12-13-32-28-7-5-4-6-26(25)28/h4-13,15-17,23-24H,14,18-19H2,1-3H3. The largest absolute Gasteiger partial charge is 0.444 e. The number of nitrogens with zero attached hydrogens (tertiary/aromatic N) is 6. The molecular weight excluding hydrogens is 488 g/mol. The van der Waals surface area contributed by atoms with E-state index < -0.39 is 5.60 Å². The fraction of sp³-hybridized carbons (Fsp3) is 0.290. The van der Waals surface area contributed by atoms with E-state index in [4.69, 9.17) is 9.72 Å². The van der Waals surface area contributed by atoms with Gasteiger partial charge in [0, 0.05) is 59.9 Å². The molecule has 1 amide bonds. The molecule has 0 saturated carbocycles. The minimum absolute atomic E-state index is 0.197. The van der Waals surface area contributed by atoms with Gasteiger partial charge < -0.3 is 14.5 Å². The molecule has 2 atom stereocenters. The van der Waals surface area contributed by atoms with Crippen molar-refractivity contribution in [3.05, 3.63) is 79.4 Å². The molecule has 196 valence electrons. The number of benzene rings is 2. The van der Waals surface area contributed by atoms with E-state index in [0.29, 0.717) is 12.6 Å². The number of para-hydroxylation sites is 1. The van der Waals surface area contributed by atoms with Crippen LogP contribution in [0.25, 0.3) is 38.8 Å². The summed E-state index contributed by atoms with van der Waals surface area (Å²) in [6.45, 7) is 7.27. The summed E-state index contributed by atoms with van der Waals surface area (Å²) in [7, 11) is 0. The summed E-state index contributed by atoms with van der Waals surface area (Å²) in [5, 5.41) is 5.71. The topological polar surface area (TPSA) is 75.9 Å². The van der Waals surface area contributed by atoms with Crippen molar-refractivity contribution in [2.45, 2.75) is 44.9 Å². The number of rotatable bonds is 3. The molecule has 2 aromatic carbocycles. The van der Waals surface area contributed by atoms with Gasteiger partial charge in [0.05, 0.1) is 17.8 Å². The van der Waals surface area contributed by atoms with Crippen molar-refractivity contribution in [3.8, 4) is 22.3 Å². The molecule has 2 fully saturated rings. The lowest BCUT2D eigenvalue weighted by atomic mass is 10.0. The van der Waals surface area contributed by atoms with Crippen LogP contribution in [0, 0.1) is 0 Å². The Hall–Kier alpha value is -4.46. The number of fused-ring (bicyclic) bond motifs is 4. The second-order valence-electron chi connectivity index (χ2n) is 11.4. The number of carbonyl (C=O) groups is 1. The van der Waals surface area contributed by atoms with Crippen LogP contribution in [0.5, 0.6) is 0 Å². The Labute approximate surface area is 226 Å². The first kappa shape index (κ1) is 23.6. The molecule has 2 saturated heterocycles. The van der Waals surface area contributed by atoms with Gasteiger partial charge in [-0.05, 0) is 62.6 Å². The first-order valence-electron chi connectivity index (χ1n) is 13.4. The third-order valence-electron chi connectivity index (χ3n) is 7.70. The summed E-state index contributed by atoms with van der Waals surface area (Å²) in [5.41, 5.74) is 6.61. The van der Waals surface area contributed by atoms with Gasteiger partial charge in [-0.2, -0.15) is 5.10 Å². The number of anilines is 1. The van der Waals surface area contributed by atoms with Gasteiger partial charge in [0.2, 0.25) is 0 Å². The quantitative estimate of drug-likeness (QED) is 0.300. The van der Waals surface area contributed by atoms with E-state index in [1.807, 2.05) is 79.2 Å². The molecular formula is C31H30N6O2. The highest BCUT2D eigenvalue weighted by atomic mass is 16.6. The van der Waals surface area contributed by atoms with Crippen LogP contribution in [-0.4, -0.2) is 61.3 Å². The minimum Gasteiger partial charge on any atom is -0.444 e. The highest BCUT2D eigenvalue weighted by molar-refractivity contribution is 5.97. The number of hydrogen-bond donors (Lipinski definition) is 0. The zero-order valence-corrected chi connectivity index (χ0v) is 22.3. The molecule has 5 heterocycles.